The first-order chi connectivity index (χ1) is 17.7. The van der Waals surface area contributed by atoms with Crippen molar-refractivity contribution in [1.82, 2.24) is 10.2 Å². The minimum Gasteiger partial charge on any atom is -0.493 e. The summed E-state index contributed by atoms with van der Waals surface area (Å²) in [6, 6.07) is 18.2. The lowest BCUT2D eigenvalue weighted by atomic mass is 10.1. The van der Waals surface area contributed by atoms with Gasteiger partial charge in [-0.15, -0.1) is 0 Å². The van der Waals surface area contributed by atoms with Gasteiger partial charge in [0.2, 0.25) is 5.91 Å². The molecule has 37 heavy (non-hydrogen) atoms. The van der Waals surface area contributed by atoms with Gasteiger partial charge in [0, 0.05) is 5.69 Å². The van der Waals surface area contributed by atoms with E-state index in [0.717, 1.165) is 25.2 Å². The van der Waals surface area contributed by atoms with Crippen LogP contribution < -0.4 is 20.1 Å². The summed E-state index contributed by atoms with van der Waals surface area (Å²) < 4.78 is 12.4. The number of anilines is 1. The fourth-order valence-corrected chi connectivity index (χ4v) is 4.65. The molecular weight excluding hydrogens is 585 g/mol. The van der Waals surface area contributed by atoms with Crippen LogP contribution in [0.15, 0.2) is 66.4 Å². The van der Waals surface area contributed by atoms with Crippen LogP contribution in [-0.2, 0) is 16.2 Å². The molecule has 0 aliphatic carbocycles. The van der Waals surface area contributed by atoms with Crippen LogP contribution in [0.5, 0.6) is 11.5 Å². The van der Waals surface area contributed by atoms with Crippen LogP contribution >= 0.6 is 22.6 Å². The molecule has 0 unspecified atom stereocenters. The van der Waals surface area contributed by atoms with E-state index in [1.807, 2.05) is 50.2 Å². The Morgan fingerprint density at radius 1 is 1.05 bits per heavy atom. The molecule has 8 nitrogen and oxygen atoms in total. The fourth-order valence-electron chi connectivity index (χ4n) is 3.87. The van der Waals surface area contributed by atoms with Crippen LogP contribution in [0, 0.1) is 17.4 Å². The van der Waals surface area contributed by atoms with E-state index in [0.29, 0.717) is 29.4 Å². The number of amides is 4. The third-order valence-electron chi connectivity index (χ3n) is 5.59. The summed E-state index contributed by atoms with van der Waals surface area (Å²) in [7, 11) is 1.54. The van der Waals surface area contributed by atoms with E-state index in [1.165, 1.54) is 0 Å². The molecule has 9 heteroatoms. The summed E-state index contributed by atoms with van der Waals surface area (Å²) in [4.78, 5) is 38.7. The minimum atomic E-state index is -0.657. The normalized spacial score (nSPS) is 14.1. The van der Waals surface area contributed by atoms with Crippen LogP contribution in [0.4, 0.5) is 10.5 Å². The number of nitrogens with zero attached hydrogens (tertiary/aromatic N) is 1. The van der Waals surface area contributed by atoms with Crippen LogP contribution in [0.1, 0.15) is 22.3 Å². The van der Waals surface area contributed by atoms with Gasteiger partial charge in [0.05, 0.1) is 10.7 Å². The third-order valence-corrected chi connectivity index (χ3v) is 6.40. The minimum absolute atomic E-state index is 0.0691. The van der Waals surface area contributed by atoms with Gasteiger partial charge >= 0.3 is 6.03 Å². The summed E-state index contributed by atoms with van der Waals surface area (Å²) in [5.74, 6) is 0.0281. The molecule has 0 radical (unpaired) electrons. The Labute approximate surface area is 228 Å². The molecule has 1 heterocycles. The van der Waals surface area contributed by atoms with Crippen molar-refractivity contribution in [2.45, 2.75) is 20.5 Å². The van der Waals surface area contributed by atoms with E-state index >= 15 is 0 Å². The zero-order valence-corrected chi connectivity index (χ0v) is 22.8. The average Bonchev–Trinajstić information content (AvgIpc) is 3.10. The molecule has 3 aromatic carbocycles. The van der Waals surface area contributed by atoms with Gasteiger partial charge in [-0.25, -0.2) is 9.69 Å². The number of hydrogen-bond donors (Lipinski definition) is 2. The number of carbonyl (C=O) groups excluding carboxylic acids is 3. The quantitative estimate of drug-likeness (QED) is 0.212. The van der Waals surface area contributed by atoms with E-state index < -0.39 is 24.4 Å². The Balaban J connectivity index is 1.47. The van der Waals surface area contributed by atoms with Crippen LogP contribution in [-0.4, -0.2) is 36.4 Å². The van der Waals surface area contributed by atoms with Crippen molar-refractivity contribution in [1.29, 1.82) is 0 Å². The van der Waals surface area contributed by atoms with Gasteiger partial charge in [-0.3, -0.25) is 9.59 Å². The van der Waals surface area contributed by atoms with Crippen molar-refractivity contribution >= 4 is 52.2 Å². The second kappa shape index (κ2) is 11.5. The number of hydrogen-bond acceptors (Lipinski definition) is 5. The van der Waals surface area contributed by atoms with Crippen molar-refractivity contribution in [3.63, 3.8) is 0 Å². The van der Waals surface area contributed by atoms with E-state index in [4.69, 9.17) is 9.47 Å². The molecule has 1 saturated heterocycles. The molecule has 190 valence electrons. The van der Waals surface area contributed by atoms with Gasteiger partial charge in [-0.1, -0.05) is 42.0 Å². The molecule has 0 bridgehead atoms. The number of urea groups is 1. The summed E-state index contributed by atoms with van der Waals surface area (Å²) in [6.07, 6.45) is 1.55. The second-order valence-electron chi connectivity index (χ2n) is 8.61. The lowest BCUT2D eigenvalue weighted by Gasteiger charge is -2.14. The molecule has 2 N–H and O–H groups in total. The predicted molar refractivity (Wildman–Crippen MR) is 149 cm³/mol. The first kappa shape index (κ1) is 26.2. The molecule has 0 atom stereocenters. The molecule has 0 aromatic heterocycles. The Bertz CT molecular complexity index is 1400. The van der Waals surface area contributed by atoms with Gasteiger partial charge in [0.25, 0.3) is 5.91 Å². The van der Waals surface area contributed by atoms with E-state index in [9.17, 15) is 14.4 Å². The first-order valence-electron chi connectivity index (χ1n) is 11.5. The number of carbonyl (C=O) groups is 3. The number of nitrogens with one attached hydrogen (secondary N) is 2. The highest BCUT2D eigenvalue weighted by atomic mass is 127. The van der Waals surface area contributed by atoms with E-state index in [1.54, 1.807) is 31.4 Å². The molecule has 1 aliphatic rings. The molecule has 1 aliphatic heterocycles. The Morgan fingerprint density at radius 2 is 1.78 bits per heavy atom. The first-order valence-corrected chi connectivity index (χ1v) is 12.6. The number of imide groups is 1. The SMILES string of the molecule is COc1cc(/C=C2/NC(=O)N(CC(=O)Nc3cccc(C)c3)C2=O)cc(I)c1OCc1cccc(C)c1. The number of aryl methyl sites for hydroxylation is 2. The van der Waals surface area contributed by atoms with Gasteiger partial charge in [0.1, 0.15) is 18.8 Å². The second-order valence-corrected chi connectivity index (χ2v) is 9.77. The standard InChI is InChI=1S/C28H26IN3O5/c1-17-6-4-8-19(10-17)16-37-26-22(29)12-20(14-24(26)36-3)13-23-27(34)32(28(35)31-23)15-25(33)30-21-9-5-7-18(2)11-21/h4-14H,15-16H2,1-3H3,(H,30,33)(H,31,35)/b23-13+. The maximum atomic E-state index is 12.9. The molecule has 0 saturated carbocycles. The molecule has 4 rings (SSSR count). The Morgan fingerprint density at radius 3 is 2.49 bits per heavy atom. The number of methoxy groups -OCH3 is 1. The number of ether oxygens (including phenoxy) is 2. The van der Waals surface area contributed by atoms with Crippen molar-refractivity contribution in [2.75, 3.05) is 19.0 Å². The maximum Gasteiger partial charge on any atom is 0.329 e. The highest BCUT2D eigenvalue weighted by Gasteiger charge is 2.35. The topological polar surface area (TPSA) is 97.0 Å². The van der Waals surface area contributed by atoms with Gasteiger partial charge < -0.3 is 20.1 Å². The monoisotopic (exact) mass is 611 g/mol. The predicted octanol–water partition coefficient (Wildman–Crippen LogP) is 5.03. The van der Waals surface area contributed by atoms with Gasteiger partial charge in [-0.2, -0.15) is 0 Å². The van der Waals surface area contributed by atoms with Crippen molar-refractivity contribution in [3.05, 3.63) is 92.2 Å². The number of rotatable bonds is 8. The van der Waals surface area contributed by atoms with Gasteiger partial charge in [-0.05, 0) is 83.5 Å². The zero-order valence-electron chi connectivity index (χ0n) is 20.6. The zero-order chi connectivity index (χ0) is 26.5. The Kier molecular flexibility index (Phi) is 8.12. The average molecular weight is 611 g/mol. The highest BCUT2D eigenvalue weighted by Crippen LogP contribution is 2.35. The smallest absolute Gasteiger partial charge is 0.329 e. The van der Waals surface area contributed by atoms with Crippen molar-refractivity contribution in [2.24, 2.45) is 0 Å². The fraction of sp³-hybridized carbons (Fsp3) is 0.179. The summed E-state index contributed by atoms with van der Waals surface area (Å²) in [5, 5.41) is 5.26. The highest BCUT2D eigenvalue weighted by molar-refractivity contribution is 14.1. The van der Waals surface area contributed by atoms with Crippen LogP contribution in [0.25, 0.3) is 6.08 Å². The lowest BCUT2D eigenvalue weighted by molar-refractivity contribution is -0.127. The molecule has 0 spiro atoms. The van der Waals surface area contributed by atoms with Gasteiger partial charge in [0.15, 0.2) is 11.5 Å². The Hall–Kier alpha value is -3.86. The number of benzene rings is 3. The van der Waals surface area contributed by atoms with Crippen molar-refractivity contribution in [3.8, 4) is 11.5 Å². The number of halogens is 1. The van der Waals surface area contributed by atoms with Crippen LogP contribution in [0.3, 0.4) is 0 Å². The third kappa shape index (κ3) is 6.48. The molecule has 1 fully saturated rings. The summed E-state index contributed by atoms with van der Waals surface area (Å²) in [5.41, 5.74) is 4.47. The summed E-state index contributed by atoms with van der Waals surface area (Å²) >= 11 is 2.14. The van der Waals surface area contributed by atoms with E-state index in [2.05, 4.69) is 39.3 Å². The molecule has 3 aromatic rings. The van der Waals surface area contributed by atoms with E-state index in [-0.39, 0.29) is 5.70 Å². The lowest BCUT2D eigenvalue weighted by Crippen LogP contribution is -2.38. The van der Waals surface area contributed by atoms with Crippen molar-refractivity contribution < 1.29 is 23.9 Å². The maximum absolute atomic E-state index is 12.9. The van der Waals surface area contributed by atoms with Crippen LogP contribution in [0.2, 0.25) is 0 Å². The molecule has 4 amide bonds. The largest absolute Gasteiger partial charge is 0.493 e. The summed E-state index contributed by atoms with van der Waals surface area (Å²) in [6.45, 7) is 3.91. The molecular formula is C28H26IN3O5.